The van der Waals surface area contributed by atoms with Gasteiger partial charge in [0.25, 0.3) is 0 Å². The zero-order chi connectivity index (χ0) is 16.7. The van der Waals surface area contributed by atoms with Gasteiger partial charge in [-0.15, -0.1) is 0 Å². The molecule has 0 aliphatic carbocycles. The highest BCUT2D eigenvalue weighted by atomic mass is 16.7. The van der Waals surface area contributed by atoms with Crippen LogP contribution in [0.5, 0.6) is 0 Å². The van der Waals surface area contributed by atoms with Gasteiger partial charge in [0.1, 0.15) is 0 Å². The molecule has 2 fully saturated rings. The molecule has 126 valence electrons. The maximum absolute atomic E-state index is 6.11. The molecule has 0 amide bonds. The smallest absolute Gasteiger partial charge is 0.399 e. The zero-order valence-electron chi connectivity index (χ0n) is 15.0. The van der Waals surface area contributed by atoms with E-state index in [1.165, 1.54) is 5.69 Å². The molecule has 3 rings (SSSR count). The van der Waals surface area contributed by atoms with Crippen LogP contribution in [-0.4, -0.2) is 44.6 Å². The van der Waals surface area contributed by atoms with E-state index in [1.54, 1.807) is 0 Å². The number of anilines is 1. The Kier molecular flexibility index (Phi) is 4.47. The van der Waals surface area contributed by atoms with Crippen LogP contribution in [0.4, 0.5) is 5.69 Å². The van der Waals surface area contributed by atoms with Gasteiger partial charge in [-0.3, -0.25) is 0 Å². The van der Waals surface area contributed by atoms with Crippen LogP contribution in [-0.2, 0) is 14.0 Å². The van der Waals surface area contributed by atoms with Gasteiger partial charge in [-0.25, -0.2) is 0 Å². The van der Waals surface area contributed by atoms with Crippen LogP contribution in [0.1, 0.15) is 40.5 Å². The van der Waals surface area contributed by atoms with Gasteiger partial charge >= 0.3 is 7.12 Å². The highest BCUT2D eigenvalue weighted by molar-refractivity contribution is 6.62. The van der Waals surface area contributed by atoms with Gasteiger partial charge in [0.05, 0.1) is 11.2 Å². The summed E-state index contributed by atoms with van der Waals surface area (Å²) in [5.41, 5.74) is 1.72. The molecular weight excluding hydrogens is 289 g/mol. The summed E-state index contributed by atoms with van der Waals surface area (Å²) in [7, 11) is 1.88. The Morgan fingerprint density at radius 3 is 2.00 bits per heavy atom. The van der Waals surface area contributed by atoms with Crippen LogP contribution in [0.15, 0.2) is 24.3 Å². The maximum atomic E-state index is 6.11. The Morgan fingerprint density at radius 2 is 1.48 bits per heavy atom. The zero-order valence-corrected chi connectivity index (χ0v) is 15.0. The fraction of sp³-hybridized carbons (Fsp3) is 0.667. The summed E-state index contributed by atoms with van der Waals surface area (Å²) in [5, 5.41) is 0. The monoisotopic (exact) mass is 317 g/mol. The third kappa shape index (κ3) is 3.28. The molecule has 0 unspecified atom stereocenters. The highest BCUT2D eigenvalue weighted by Crippen LogP contribution is 2.36. The van der Waals surface area contributed by atoms with Crippen molar-refractivity contribution in [3.63, 3.8) is 0 Å². The van der Waals surface area contributed by atoms with Crippen molar-refractivity contribution >= 4 is 18.3 Å². The first kappa shape index (κ1) is 16.8. The van der Waals surface area contributed by atoms with Crippen LogP contribution in [0.3, 0.4) is 0 Å². The molecule has 0 N–H and O–H groups in total. The Bertz CT molecular complexity index is 522. The quantitative estimate of drug-likeness (QED) is 0.802. The third-order valence-electron chi connectivity index (χ3n) is 5.56. The molecule has 0 aromatic heterocycles. The number of benzene rings is 1. The minimum Gasteiger partial charge on any atom is -0.399 e. The molecule has 4 nitrogen and oxygen atoms in total. The van der Waals surface area contributed by atoms with Gasteiger partial charge in [0.15, 0.2) is 0 Å². The predicted molar refractivity (Wildman–Crippen MR) is 94.4 cm³/mol. The molecule has 5 heteroatoms. The number of ether oxygens (including phenoxy) is 1. The fourth-order valence-electron chi connectivity index (χ4n) is 3.13. The average Bonchev–Trinajstić information content (AvgIpc) is 2.76. The van der Waals surface area contributed by atoms with E-state index in [4.69, 9.17) is 14.0 Å². The minimum absolute atomic E-state index is 0.289. The molecule has 1 aromatic carbocycles. The van der Waals surface area contributed by atoms with E-state index < -0.39 is 0 Å². The lowest BCUT2D eigenvalue weighted by molar-refractivity contribution is 0.00578. The highest BCUT2D eigenvalue weighted by Gasteiger charge is 2.51. The molecule has 2 aliphatic heterocycles. The van der Waals surface area contributed by atoms with Crippen LogP contribution in [0.25, 0.3) is 0 Å². The van der Waals surface area contributed by atoms with Crippen molar-refractivity contribution in [2.45, 2.75) is 57.8 Å². The van der Waals surface area contributed by atoms with E-state index in [-0.39, 0.29) is 18.3 Å². The first-order valence-corrected chi connectivity index (χ1v) is 8.56. The summed E-state index contributed by atoms with van der Waals surface area (Å²) in [6, 6.07) is 9.12. The number of hydrogen-bond donors (Lipinski definition) is 0. The van der Waals surface area contributed by atoms with Gasteiger partial charge in [-0.1, -0.05) is 12.1 Å². The normalized spacial score (nSPS) is 24.0. The lowest BCUT2D eigenvalue weighted by atomic mass is 9.79. The number of rotatable bonds is 3. The molecule has 0 radical (unpaired) electrons. The summed E-state index contributed by atoms with van der Waals surface area (Å²) < 4.78 is 17.7. The molecule has 0 spiro atoms. The Balaban J connectivity index is 1.70. The second-order valence-electron chi connectivity index (χ2n) is 7.63. The SMILES string of the molecule is CN(c1ccc(B2OC(C)(C)C(C)(C)O2)cc1)C1CCOCC1. The molecule has 23 heavy (non-hydrogen) atoms. The summed E-state index contributed by atoms with van der Waals surface area (Å²) in [5.74, 6) is 0. The Labute approximate surface area is 140 Å². The van der Waals surface area contributed by atoms with Crippen LogP contribution < -0.4 is 10.4 Å². The van der Waals surface area contributed by atoms with Gasteiger partial charge < -0.3 is 18.9 Å². The molecule has 2 saturated heterocycles. The van der Waals surface area contributed by atoms with E-state index in [0.717, 1.165) is 31.5 Å². The lowest BCUT2D eigenvalue weighted by Gasteiger charge is -2.33. The van der Waals surface area contributed by atoms with E-state index in [2.05, 4.69) is 63.9 Å². The summed E-state index contributed by atoms with van der Waals surface area (Å²) >= 11 is 0. The molecule has 0 bridgehead atoms. The first-order valence-electron chi connectivity index (χ1n) is 8.56. The molecule has 2 heterocycles. The van der Waals surface area contributed by atoms with Crippen molar-refractivity contribution in [3.8, 4) is 0 Å². The molecule has 0 atom stereocenters. The second kappa shape index (κ2) is 6.12. The van der Waals surface area contributed by atoms with Gasteiger partial charge in [0, 0.05) is 32.0 Å². The van der Waals surface area contributed by atoms with E-state index in [1.807, 2.05) is 0 Å². The molecule has 1 aromatic rings. The van der Waals surface area contributed by atoms with Crippen molar-refractivity contribution in [1.82, 2.24) is 0 Å². The van der Waals surface area contributed by atoms with Crippen molar-refractivity contribution in [3.05, 3.63) is 24.3 Å². The van der Waals surface area contributed by atoms with E-state index >= 15 is 0 Å². The minimum atomic E-state index is -0.296. The third-order valence-corrected chi connectivity index (χ3v) is 5.56. The lowest BCUT2D eigenvalue weighted by Crippen LogP contribution is -2.41. The Hall–Kier alpha value is -1.04. The molecular formula is C18H28BNO3. The van der Waals surface area contributed by atoms with Gasteiger partial charge in [0.2, 0.25) is 0 Å². The molecule has 2 aliphatic rings. The van der Waals surface area contributed by atoms with Crippen LogP contribution in [0.2, 0.25) is 0 Å². The van der Waals surface area contributed by atoms with E-state index in [9.17, 15) is 0 Å². The number of hydrogen-bond acceptors (Lipinski definition) is 4. The summed E-state index contributed by atoms with van der Waals surface area (Å²) in [4.78, 5) is 2.36. The largest absolute Gasteiger partial charge is 0.494 e. The van der Waals surface area contributed by atoms with Crippen molar-refractivity contribution in [1.29, 1.82) is 0 Å². The summed E-state index contributed by atoms with van der Waals surface area (Å²) in [6.07, 6.45) is 2.19. The second-order valence-corrected chi connectivity index (χ2v) is 7.63. The van der Waals surface area contributed by atoms with Crippen molar-refractivity contribution < 1.29 is 14.0 Å². The fourth-order valence-corrected chi connectivity index (χ4v) is 3.13. The van der Waals surface area contributed by atoms with Crippen molar-refractivity contribution in [2.24, 2.45) is 0 Å². The Morgan fingerprint density at radius 1 is 0.957 bits per heavy atom. The van der Waals surface area contributed by atoms with Crippen molar-refractivity contribution in [2.75, 3.05) is 25.2 Å². The predicted octanol–water partition coefficient (Wildman–Crippen LogP) is 2.60. The number of nitrogens with zero attached hydrogens (tertiary/aromatic N) is 1. The summed E-state index contributed by atoms with van der Waals surface area (Å²) in [6.45, 7) is 10.1. The first-order chi connectivity index (χ1) is 10.8. The van der Waals surface area contributed by atoms with Crippen LogP contribution >= 0.6 is 0 Å². The van der Waals surface area contributed by atoms with Gasteiger partial charge in [-0.05, 0) is 58.1 Å². The van der Waals surface area contributed by atoms with E-state index in [0.29, 0.717) is 6.04 Å². The maximum Gasteiger partial charge on any atom is 0.494 e. The topological polar surface area (TPSA) is 30.9 Å². The standard InChI is InChI=1S/C18H28BNO3/c1-17(2)18(3,4)23-19(22-17)14-6-8-15(9-7-14)20(5)16-10-12-21-13-11-16/h6-9,16H,10-13H2,1-5H3. The van der Waals surface area contributed by atoms with Gasteiger partial charge in [-0.2, -0.15) is 0 Å². The van der Waals surface area contributed by atoms with Crippen LogP contribution in [0, 0.1) is 0 Å². The average molecular weight is 317 g/mol. The molecule has 0 saturated carbocycles.